The third kappa shape index (κ3) is 5.03. The van der Waals surface area contributed by atoms with Gasteiger partial charge in [0.05, 0.1) is 5.71 Å². The maximum Gasteiger partial charge on any atom is 0.271 e. The van der Waals surface area contributed by atoms with Crippen molar-refractivity contribution in [3.63, 3.8) is 0 Å². The molecule has 140 valence electrons. The quantitative estimate of drug-likeness (QED) is 0.752. The summed E-state index contributed by atoms with van der Waals surface area (Å²) in [6.07, 6.45) is 5.32. The molecule has 0 aromatic heterocycles. The van der Waals surface area contributed by atoms with E-state index in [1.54, 1.807) is 24.3 Å². The van der Waals surface area contributed by atoms with Crippen molar-refractivity contribution in [2.45, 2.75) is 45.4 Å². The molecule has 0 radical (unpaired) electrons. The van der Waals surface area contributed by atoms with Crippen LogP contribution in [0.1, 0.15) is 60.5 Å². The molecule has 5 nitrogen and oxygen atoms in total. The Bertz CT molecular complexity index is 841. The molecule has 0 unspecified atom stereocenters. The van der Waals surface area contributed by atoms with Gasteiger partial charge in [0.1, 0.15) is 0 Å². The van der Waals surface area contributed by atoms with Crippen molar-refractivity contribution in [1.82, 2.24) is 5.43 Å². The van der Waals surface area contributed by atoms with Crippen LogP contribution in [0.25, 0.3) is 0 Å². The van der Waals surface area contributed by atoms with Gasteiger partial charge in [-0.15, -0.1) is 0 Å². The number of amides is 2. The fourth-order valence-corrected chi connectivity index (χ4v) is 3.17. The van der Waals surface area contributed by atoms with E-state index in [2.05, 4.69) is 34.9 Å². The van der Waals surface area contributed by atoms with Crippen LogP contribution in [0, 0.1) is 0 Å². The average Bonchev–Trinajstić information content (AvgIpc) is 2.71. The average molecular weight is 363 g/mol. The number of rotatable bonds is 6. The maximum atomic E-state index is 12.4. The molecule has 1 aliphatic rings. The van der Waals surface area contributed by atoms with Crippen LogP contribution in [0.3, 0.4) is 0 Å². The number of carbonyl (C=O) groups excluding carboxylic acids is 2. The molecule has 0 saturated carbocycles. The lowest BCUT2D eigenvalue weighted by molar-refractivity contribution is -0.116. The standard InChI is InChI=1S/C22H25N3O2/c1-2-3-11-21(26)23-18-14-12-17(13-15-18)22(27)25-24-20-10-6-8-16-7-4-5-9-19(16)20/h4-5,7,9,12-15H,2-3,6,8,10-11H2,1H3,(H,23,26)(H,25,27)/b24-20+. The van der Waals surface area contributed by atoms with Gasteiger partial charge in [-0.3, -0.25) is 9.59 Å². The summed E-state index contributed by atoms with van der Waals surface area (Å²) < 4.78 is 0. The van der Waals surface area contributed by atoms with Crippen molar-refractivity contribution < 1.29 is 9.59 Å². The summed E-state index contributed by atoms with van der Waals surface area (Å²) in [7, 11) is 0. The minimum atomic E-state index is -0.255. The van der Waals surface area contributed by atoms with Gasteiger partial charge in [0.2, 0.25) is 5.91 Å². The number of hydrogen-bond donors (Lipinski definition) is 2. The van der Waals surface area contributed by atoms with Gasteiger partial charge in [0.25, 0.3) is 5.91 Å². The first kappa shape index (κ1) is 18.8. The Kier molecular flexibility index (Phi) is 6.36. The summed E-state index contributed by atoms with van der Waals surface area (Å²) in [6, 6.07) is 15.1. The molecule has 2 N–H and O–H groups in total. The van der Waals surface area contributed by atoms with Crippen LogP contribution in [0.5, 0.6) is 0 Å². The van der Waals surface area contributed by atoms with Crippen molar-refractivity contribution >= 4 is 23.2 Å². The van der Waals surface area contributed by atoms with Gasteiger partial charge >= 0.3 is 0 Å². The fourth-order valence-electron chi connectivity index (χ4n) is 3.17. The van der Waals surface area contributed by atoms with E-state index in [1.165, 1.54) is 5.56 Å². The Hall–Kier alpha value is -2.95. The van der Waals surface area contributed by atoms with Gasteiger partial charge in [-0.1, -0.05) is 37.6 Å². The second-order valence-electron chi connectivity index (χ2n) is 6.74. The van der Waals surface area contributed by atoms with Crippen molar-refractivity contribution in [2.75, 3.05) is 5.32 Å². The molecule has 27 heavy (non-hydrogen) atoms. The molecule has 0 fully saturated rings. The SMILES string of the molecule is CCCCC(=O)Nc1ccc(C(=O)N/N=C2\CCCc3ccccc32)cc1. The van der Waals surface area contributed by atoms with Gasteiger partial charge in [-0.2, -0.15) is 5.10 Å². The first-order chi connectivity index (χ1) is 13.2. The van der Waals surface area contributed by atoms with Crippen LogP contribution < -0.4 is 10.7 Å². The van der Waals surface area contributed by atoms with E-state index in [9.17, 15) is 9.59 Å². The number of nitrogens with zero attached hydrogens (tertiary/aromatic N) is 1. The highest BCUT2D eigenvalue weighted by molar-refractivity contribution is 6.04. The molecule has 1 aliphatic carbocycles. The Morgan fingerprint density at radius 3 is 2.59 bits per heavy atom. The first-order valence-electron chi connectivity index (χ1n) is 9.52. The zero-order chi connectivity index (χ0) is 19.1. The van der Waals surface area contributed by atoms with Crippen LogP contribution in [0.2, 0.25) is 0 Å². The zero-order valence-corrected chi connectivity index (χ0v) is 15.6. The number of hydrogen-bond acceptors (Lipinski definition) is 3. The smallest absolute Gasteiger partial charge is 0.271 e. The zero-order valence-electron chi connectivity index (χ0n) is 15.6. The molecule has 3 rings (SSSR count). The third-order valence-electron chi connectivity index (χ3n) is 4.67. The first-order valence-corrected chi connectivity index (χ1v) is 9.52. The van der Waals surface area contributed by atoms with Crippen molar-refractivity contribution in [1.29, 1.82) is 0 Å². The monoisotopic (exact) mass is 363 g/mol. The number of fused-ring (bicyclic) bond motifs is 1. The third-order valence-corrected chi connectivity index (χ3v) is 4.67. The fraction of sp³-hybridized carbons (Fsp3) is 0.318. The lowest BCUT2D eigenvalue weighted by Crippen LogP contribution is -2.22. The van der Waals surface area contributed by atoms with E-state index < -0.39 is 0 Å². The minimum absolute atomic E-state index is 0.00332. The van der Waals surface area contributed by atoms with E-state index in [4.69, 9.17) is 0 Å². The van der Waals surface area contributed by atoms with Crippen LogP contribution in [0.4, 0.5) is 5.69 Å². The van der Waals surface area contributed by atoms with E-state index in [-0.39, 0.29) is 11.8 Å². The molecule has 0 spiro atoms. The van der Waals surface area contributed by atoms with E-state index in [0.29, 0.717) is 17.7 Å². The summed E-state index contributed by atoms with van der Waals surface area (Å²) in [5, 5.41) is 7.19. The lowest BCUT2D eigenvalue weighted by atomic mass is 9.90. The Morgan fingerprint density at radius 2 is 1.81 bits per heavy atom. The summed E-state index contributed by atoms with van der Waals surface area (Å²) in [5.74, 6) is -0.258. The van der Waals surface area contributed by atoms with Crippen LogP contribution >= 0.6 is 0 Å². The topological polar surface area (TPSA) is 70.6 Å². The molecule has 0 aliphatic heterocycles. The maximum absolute atomic E-state index is 12.4. The van der Waals surface area contributed by atoms with Gasteiger partial charge < -0.3 is 5.32 Å². The summed E-state index contributed by atoms with van der Waals surface area (Å²) in [4.78, 5) is 24.1. The number of anilines is 1. The molecule has 2 amide bonds. The summed E-state index contributed by atoms with van der Waals surface area (Å²) in [5.41, 5.74) is 7.18. The summed E-state index contributed by atoms with van der Waals surface area (Å²) in [6.45, 7) is 2.05. The Labute approximate surface area is 159 Å². The summed E-state index contributed by atoms with van der Waals surface area (Å²) >= 11 is 0. The van der Waals surface area contributed by atoms with Crippen LogP contribution in [-0.2, 0) is 11.2 Å². The second kappa shape index (κ2) is 9.12. The van der Waals surface area contributed by atoms with Crippen molar-refractivity contribution in [2.24, 2.45) is 5.10 Å². The van der Waals surface area contributed by atoms with Gasteiger partial charge in [-0.05, 0) is 55.5 Å². The number of hydrazone groups is 1. The number of benzene rings is 2. The van der Waals surface area contributed by atoms with Crippen LogP contribution in [0.15, 0.2) is 53.6 Å². The number of aryl methyl sites for hydroxylation is 1. The highest BCUT2D eigenvalue weighted by Gasteiger charge is 2.15. The molecule has 0 heterocycles. The number of nitrogens with one attached hydrogen (secondary N) is 2. The normalized spacial score (nSPS) is 14.5. The molecule has 2 aromatic carbocycles. The molecule has 2 aromatic rings. The largest absolute Gasteiger partial charge is 0.326 e. The predicted molar refractivity (Wildman–Crippen MR) is 108 cm³/mol. The minimum Gasteiger partial charge on any atom is -0.326 e. The number of unbranched alkanes of at least 4 members (excludes halogenated alkanes) is 1. The van der Waals surface area contributed by atoms with Crippen molar-refractivity contribution in [3.8, 4) is 0 Å². The highest BCUT2D eigenvalue weighted by atomic mass is 16.2. The van der Waals surface area contributed by atoms with Crippen molar-refractivity contribution in [3.05, 3.63) is 65.2 Å². The Balaban J connectivity index is 1.61. The molecule has 0 bridgehead atoms. The highest BCUT2D eigenvalue weighted by Crippen LogP contribution is 2.21. The van der Waals surface area contributed by atoms with Crippen LogP contribution in [-0.4, -0.2) is 17.5 Å². The Morgan fingerprint density at radius 1 is 1.04 bits per heavy atom. The van der Waals surface area contributed by atoms with Gasteiger partial charge in [0.15, 0.2) is 0 Å². The van der Waals surface area contributed by atoms with E-state index in [0.717, 1.165) is 43.4 Å². The van der Waals surface area contributed by atoms with Gasteiger partial charge in [-0.25, -0.2) is 5.43 Å². The van der Waals surface area contributed by atoms with E-state index >= 15 is 0 Å². The molecule has 5 heteroatoms. The predicted octanol–water partition coefficient (Wildman–Crippen LogP) is 4.29. The van der Waals surface area contributed by atoms with E-state index in [1.807, 2.05) is 12.1 Å². The molecular formula is C22H25N3O2. The lowest BCUT2D eigenvalue weighted by Gasteiger charge is -2.17. The molecule has 0 saturated heterocycles. The number of carbonyl (C=O) groups is 2. The molecular weight excluding hydrogens is 338 g/mol. The molecule has 0 atom stereocenters. The van der Waals surface area contributed by atoms with Gasteiger partial charge in [0, 0.05) is 23.2 Å². The second-order valence-corrected chi connectivity index (χ2v) is 6.74.